The minimum Gasteiger partial charge on any atom is -0.478 e. The van der Waals surface area contributed by atoms with Gasteiger partial charge in [0, 0.05) is 36.1 Å². The van der Waals surface area contributed by atoms with Crippen molar-refractivity contribution in [3.63, 3.8) is 0 Å². The van der Waals surface area contributed by atoms with Crippen LogP contribution in [0, 0.1) is 0 Å². The zero-order valence-electron chi connectivity index (χ0n) is 23.2. The highest BCUT2D eigenvalue weighted by molar-refractivity contribution is 7.99. The fourth-order valence-electron chi connectivity index (χ4n) is 4.97. The van der Waals surface area contributed by atoms with Crippen LogP contribution in [-0.4, -0.2) is 33.9 Å². The van der Waals surface area contributed by atoms with E-state index in [1.54, 1.807) is 12.1 Å². The second-order valence-electron chi connectivity index (χ2n) is 10.2. The molecule has 3 atom stereocenters. The highest BCUT2D eigenvalue weighted by atomic mass is 32.2. The Bertz CT molecular complexity index is 1520. The Balaban J connectivity index is 1.37. The third-order valence-corrected chi connectivity index (χ3v) is 8.40. The van der Waals surface area contributed by atoms with Crippen LogP contribution < -0.4 is 5.32 Å². The van der Waals surface area contributed by atoms with E-state index in [-0.39, 0.29) is 30.3 Å². The summed E-state index contributed by atoms with van der Waals surface area (Å²) in [5, 5.41) is 21.9. The molecule has 4 aromatic carbocycles. The molecule has 5 rings (SSSR count). The van der Waals surface area contributed by atoms with Crippen molar-refractivity contribution in [2.24, 2.45) is 0 Å². The second-order valence-corrected chi connectivity index (χ2v) is 11.2. The number of aromatic carboxylic acids is 1. The summed E-state index contributed by atoms with van der Waals surface area (Å²) in [5.74, 6) is -0.472. The van der Waals surface area contributed by atoms with Crippen LogP contribution in [0.15, 0.2) is 102 Å². The summed E-state index contributed by atoms with van der Waals surface area (Å²) in [6, 6.07) is 30.7. The average Bonchev–Trinajstić information content (AvgIpc) is 3.03. The predicted octanol–water partition coefficient (Wildman–Crippen LogP) is 6.52. The van der Waals surface area contributed by atoms with Crippen molar-refractivity contribution in [3.8, 4) is 11.1 Å². The Labute approximate surface area is 249 Å². The Hall–Kier alpha value is -3.95. The van der Waals surface area contributed by atoms with E-state index in [2.05, 4.69) is 5.32 Å². The maximum absolute atomic E-state index is 11.7. The van der Waals surface area contributed by atoms with Gasteiger partial charge in [-0.1, -0.05) is 84.9 Å². The average molecular weight is 584 g/mol. The molecule has 216 valence electrons. The second kappa shape index (κ2) is 13.8. The minimum absolute atomic E-state index is 0.0277. The van der Waals surface area contributed by atoms with Gasteiger partial charge in [-0.05, 0) is 39.9 Å². The number of hydrogen-bond acceptors (Lipinski definition) is 6. The molecule has 3 N–H and O–H groups in total. The lowest BCUT2D eigenvalue weighted by atomic mass is 9.98. The van der Waals surface area contributed by atoms with E-state index in [0.29, 0.717) is 23.6 Å². The molecule has 1 amide bonds. The normalized spacial score (nSPS) is 18.4. The SMILES string of the molecule is CC(=O)NCc1ccccc1-c1ccc([C@H]2O[C@@H](CSc3ccccc3C(=O)O)C[C@@H](c3ccc(CO)cc3)O2)cc1. The fourth-order valence-corrected chi connectivity index (χ4v) is 6.04. The number of nitrogens with one attached hydrogen (secondary N) is 1. The summed E-state index contributed by atoms with van der Waals surface area (Å²) in [6.45, 7) is 1.93. The number of carbonyl (C=O) groups is 2. The van der Waals surface area contributed by atoms with Gasteiger partial charge in [0.25, 0.3) is 0 Å². The van der Waals surface area contributed by atoms with Crippen molar-refractivity contribution in [1.29, 1.82) is 0 Å². The van der Waals surface area contributed by atoms with Crippen LogP contribution >= 0.6 is 11.8 Å². The molecule has 0 aromatic heterocycles. The number of aliphatic hydroxyl groups is 1. The van der Waals surface area contributed by atoms with Crippen LogP contribution in [0.25, 0.3) is 11.1 Å². The first-order chi connectivity index (χ1) is 20.4. The quantitative estimate of drug-likeness (QED) is 0.183. The van der Waals surface area contributed by atoms with E-state index in [0.717, 1.165) is 33.4 Å². The number of carboxylic acids is 1. The molecular weight excluding hydrogens is 550 g/mol. The predicted molar refractivity (Wildman–Crippen MR) is 162 cm³/mol. The van der Waals surface area contributed by atoms with Crippen LogP contribution in [0.1, 0.15) is 58.4 Å². The van der Waals surface area contributed by atoms with Gasteiger partial charge >= 0.3 is 5.97 Å². The number of rotatable bonds is 10. The molecule has 7 nitrogen and oxygen atoms in total. The van der Waals surface area contributed by atoms with Gasteiger partial charge in [0.2, 0.25) is 5.91 Å². The molecule has 0 radical (unpaired) electrons. The van der Waals surface area contributed by atoms with Crippen molar-refractivity contribution >= 4 is 23.6 Å². The van der Waals surface area contributed by atoms with Gasteiger partial charge in [0.15, 0.2) is 6.29 Å². The molecule has 42 heavy (non-hydrogen) atoms. The standard InChI is InChI=1S/C34H33NO6S/c1-22(37)35-19-27-6-2-3-7-29(27)24-14-16-26(17-15-24)34-40-28(21-42-32-9-5-4-8-30(32)33(38)39)18-31(41-34)25-12-10-23(20-36)11-13-25/h2-17,28,31,34,36H,18-21H2,1H3,(H,35,37)(H,38,39)/t28-,31+,34+/m1/s1. The molecule has 0 spiro atoms. The van der Waals surface area contributed by atoms with Crippen LogP contribution in [-0.2, 0) is 27.4 Å². The zero-order chi connectivity index (χ0) is 29.5. The summed E-state index contributed by atoms with van der Waals surface area (Å²) in [5.41, 5.74) is 6.04. The largest absolute Gasteiger partial charge is 0.478 e. The van der Waals surface area contributed by atoms with Crippen LogP contribution in [0.4, 0.5) is 0 Å². The van der Waals surface area contributed by atoms with Gasteiger partial charge in [-0.3, -0.25) is 4.79 Å². The van der Waals surface area contributed by atoms with E-state index >= 15 is 0 Å². The topological polar surface area (TPSA) is 105 Å². The molecule has 0 unspecified atom stereocenters. The highest BCUT2D eigenvalue weighted by Gasteiger charge is 2.32. The highest BCUT2D eigenvalue weighted by Crippen LogP contribution is 2.40. The number of amides is 1. The van der Waals surface area contributed by atoms with Gasteiger partial charge in [-0.25, -0.2) is 4.79 Å². The van der Waals surface area contributed by atoms with Crippen molar-refractivity contribution in [2.75, 3.05) is 5.75 Å². The van der Waals surface area contributed by atoms with E-state index in [1.807, 2.05) is 84.9 Å². The van der Waals surface area contributed by atoms with Gasteiger partial charge in [-0.15, -0.1) is 11.8 Å². The number of carbonyl (C=O) groups excluding carboxylic acids is 1. The molecule has 0 aliphatic carbocycles. The summed E-state index contributed by atoms with van der Waals surface area (Å²) >= 11 is 1.47. The lowest BCUT2D eigenvalue weighted by Gasteiger charge is -2.36. The Morgan fingerprint density at radius 3 is 2.29 bits per heavy atom. The number of aliphatic hydroxyl groups excluding tert-OH is 1. The molecule has 1 aliphatic rings. The number of benzene rings is 4. The first-order valence-electron chi connectivity index (χ1n) is 13.8. The summed E-state index contributed by atoms with van der Waals surface area (Å²) in [4.78, 5) is 23.9. The molecule has 0 bridgehead atoms. The number of thioether (sulfide) groups is 1. The maximum Gasteiger partial charge on any atom is 0.336 e. The maximum atomic E-state index is 11.7. The Morgan fingerprint density at radius 2 is 1.57 bits per heavy atom. The number of carboxylic acid groups (broad SMARTS) is 1. The monoisotopic (exact) mass is 583 g/mol. The first-order valence-corrected chi connectivity index (χ1v) is 14.8. The van der Waals surface area contributed by atoms with Gasteiger partial charge in [0.05, 0.1) is 24.4 Å². The van der Waals surface area contributed by atoms with Gasteiger partial charge in [-0.2, -0.15) is 0 Å². The molecule has 1 saturated heterocycles. The molecule has 4 aromatic rings. The zero-order valence-corrected chi connectivity index (χ0v) is 24.1. The summed E-state index contributed by atoms with van der Waals surface area (Å²) in [6.07, 6.45) is -0.456. The van der Waals surface area contributed by atoms with Crippen molar-refractivity contribution in [3.05, 3.63) is 125 Å². The summed E-state index contributed by atoms with van der Waals surface area (Å²) in [7, 11) is 0. The first kappa shape index (κ1) is 29.5. The third kappa shape index (κ3) is 7.27. The number of ether oxygens (including phenoxy) is 2. The Morgan fingerprint density at radius 1 is 0.881 bits per heavy atom. The molecule has 1 aliphatic heterocycles. The van der Waals surface area contributed by atoms with E-state index in [4.69, 9.17) is 9.47 Å². The van der Waals surface area contributed by atoms with Crippen LogP contribution in [0.2, 0.25) is 0 Å². The Kier molecular flexibility index (Phi) is 9.71. The summed E-state index contributed by atoms with van der Waals surface area (Å²) < 4.78 is 12.9. The molecule has 0 saturated carbocycles. The minimum atomic E-state index is -0.954. The molecule has 1 fully saturated rings. The van der Waals surface area contributed by atoms with Gasteiger partial charge in [0.1, 0.15) is 0 Å². The molecule has 8 heteroatoms. The molecular formula is C34H33NO6S. The van der Waals surface area contributed by atoms with E-state index < -0.39 is 12.3 Å². The lowest BCUT2D eigenvalue weighted by molar-refractivity contribution is -0.245. The number of hydrogen-bond donors (Lipinski definition) is 3. The van der Waals surface area contributed by atoms with Crippen molar-refractivity contribution in [2.45, 2.75) is 49.9 Å². The fraction of sp³-hybridized carbons (Fsp3) is 0.235. The third-order valence-electron chi connectivity index (χ3n) is 7.20. The van der Waals surface area contributed by atoms with Crippen molar-refractivity contribution in [1.82, 2.24) is 5.32 Å². The van der Waals surface area contributed by atoms with Gasteiger partial charge < -0.3 is 25.0 Å². The smallest absolute Gasteiger partial charge is 0.336 e. The van der Waals surface area contributed by atoms with E-state index in [9.17, 15) is 19.8 Å². The van der Waals surface area contributed by atoms with Crippen LogP contribution in [0.5, 0.6) is 0 Å². The molecule has 1 heterocycles. The van der Waals surface area contributed by atoms with E-state index in [1.165, 1.54) is 18.7 Å². The van der Waals surface area contributed by atoms with Crippen molar-refractivity contribution < 1.29 is 29.3 Å². The lowest BCUT2D eigenvalue weighted by Crippen LogP contribution is -2.31. The van der Waals surface area contributed by atoms with Crippen LogP contribution in [0.3, 0.4) is 0 Å².